The van der Waals surface area contributed by atoms with Crippen molar-refractivity contribution in [3.63, 3.8) is 0 Å². The van der Waals surface area contributed by atoms with Crippen LogP contribution in [0.4, 0.5) is 0 Å². The van der Waals surface area contributed by atoms with E-state index in [2.05, 4.69) is 110 Å². The first kappa shape index (κ1) is 32.6. The van der Waals surface area contributed by atoms with Gasteiger partial charge >= 0.3 is 0 Å². The van der Waals surface area contributed by atoms with Crippen molar-refractivity contribution in [1.82, 2.24) is 0 Å². The third-order valence-corrected chi connectivity index (χ3v) is 15.3. The van der Waals surface area contributed by atoms with E-state index in [0.717, 1.165) is 118 Å². The van der Waals surface area contributed by atoms with E-state index in [0.29, 0.717) is 0 Å². The molecule has 0 aromatic heterocycles. The molecule has 37 heavy (non-hydrogen) atoms. The average Bonchev–Trinajstić information content (AvgIpc) is 3.40. The van der Waals surface area contributed by atoms with Crippen LogP contribution >= 0.6 is 0 Å². The topological polar surface area (TPSA) is 0 Å². The van der Waals surface area contributed by atoms with Crippen molar-refractivity contribution in [3.05, 3.63) is 12.8 Å². The molecule has 5 saturated carbocycles. The first-order valence-corrected chi connectivity index (χ1v) is 16.4. The van der Waals surface area contributed by atoms with Gasteiger partial charge in [0.25, 0.3) is 0 Å². The largest absolute Gasteiger partial charge is 0.322 e. The first-order valence-electron chi connectivity index (χ1n) is 16.4. The van der Waals surface area contributed by atoms with Crippen molar-refractivity contribution < 1.29 is 32.7 Å². The van der Waals surface area contributed by atoms with Gasteiger partial charge in [-0.3, -0.25) is 0 Å². The molecule has 0 aromatic carbocycles. The Hall–Kier alpha value is 1.10. The molecule has 1 heteroatoms. The van der Waals surface area contributed by atoms with Crippen molar-refractivity contribution in [2.24, 2.45) is 118 Å². The molecular weight excluding hydrogens is 521 g/mol. The van der Waals surface area contributed by atoms with Gasteiger partial charge in [0.1, 0.15) is 0 Å². The first-order chi connectivity index (χ1) is 16.7. The maximum absolute atomic E-state index is 2.85. The molecule has 5 fully saturated rings. The summed E-state index contributed by atoms with van der Waals surface area (Å²) in [7, 11) is 0. The second kappa shape index (κ2) is 12.1. The molecule has 20 atom stereocenters. The van der Waals surface area contributed by atoms with Crippen LogP contribution < -0.4 is 0 Å². The van der Waals surface area contributed by atoms with Crippen molar-refractivity contribution >= 4 is 0 Å². The van der Waals surface area contributed by atoms with Crippen LogP contribution in [0.2, 0.25) is 0 Å². The Kier molecular flexibility index (Phi) is 10.7. The molecule has 20 unspecified atom stereocenters. The summed E-state index contributed by atoms with van der Waals surface area (Å²) in [4.78, 5) is 0. The van der Waals surface area contributed by atoms with Gasteiger partial charge in [-0.2, -0.15) is 23.7 Å². The molecular formula is C36H64Y-2. The second-order valence-electron chi connectivity index (χ2n) is 15.9. The van der Waals surface area contributed by atoms with Crippen molar-refractivity contribution in [3.8, 4) is 0 Å². The maximum atomic E-state index is 2.85. The summed E-state index contributed by atoms with van der Waals surface area (Å²) >= 11 is 0. The Balaban J connectivity index is 0.000000211. The molecule has 5 aliphatic rings. The monoisotopic (exact) mass is 585 g/mol. The number of rotatable bonds is 0. The SMILES string of the molecule is CC1C(C)C(C)C2C([CH-]C3C(C)C(C)C(C)C(C)C32)C1C.CC1[CH-]C2C(C)C(C)C(C)C(C)C2C1C.[Y]. The van der Waals surface area contributed by atoms with Gasteiger partial charge < -0.3 is 12.8 Å². The molecule has 0 saturated heterocycles. The molecule has 0 N–H and O–H groups in total. The normalized spacial score (nSPS) is 60.8. The van der Waals surface area contributed by atoms with Gasteiger partial charge in [-0.25, -0.2) is 0 Å². The quantitative estimate of drug-likeness (QED) is 0.248. The van der Waals surface area contributed by atoms with Gasteiger partial charge in [0.15, 0.2) is 0 Å². The summed E-state index contributed by atoms with van der Waals surface area (Å²) < 4.78 is 0. The molecule has 0 aromatic rings. The zero-order valence-corrected chi connectivity index (χ0v) is 30.1. The molecule has 0 spiro atoms. The van der Waals surface area contributed by atoms with Crippen LogP contribution in [-0.4, -0.2) is 0 Å². The molecule has 213 valence electrons. The fourth-order valence-electron chi connectivity index (χ4n) is 11.2. The zero-order valence-electron chi connectivity index (χ0n) is 27.3. The number of fused-ring (bicyclic) bond motifs is 4. The van der Waals surface area contributed by atoms with Crippen molar-refractivity contribution in [2.75, 3.05) is 0 Å². The average molecular weight is 586 g/mol. The van der Waals surface area contributed by atoms with E-state index in [1.165, 1.54) is 0 Å². The summed E-state index contributed by atoms with van der Waals surface area (Å²) in [5.41, 5.74) is 0. The van der Waals surface area contributed by atoms with E-state index in [1.807, 2.05) is 0 Å². The molecule has 5 aliphatic carbocycles. The van der Waals surface area contributed by atoms with Crippen molar-refractivity contribution in [2.45, 2.75) is 96.9 Å². The minimum atomic E-state index is 0. The van der Waals surface area contributed by atoms with Gasteiger partial charge in [0.2, 0.25) is 0 Å². The Morgan fingerprint density at radius 3 is 0.892 bits per heavy atom. The minimum Gasteiger partial charge on any atom is -0.322 e. The van der Waals surface area contributed by atoms with Gasteiger partial charge in [-0.1, -0.05) is 138 Å². The zero-order chi connectivity index (χ0) is 27.0. The van der Waals surface area contributed by atoms with Crippen molar-refractivity contribution in [1.29, 1.82) is 0 Å². The summed E-state index contributed by atoms with van der Waals surface area (Å²) in [5.74, 6) is 18.1. The van der Waals surface area contributed by atoms with Crippen LogP contribution in [0.25, 0.3) is 0 Å². The summed E-state index contributed by atoms with van der Waals surface area (Å²) in [5, 5.41) is 0. The number of hydrogen-bond donors (Lipinski definition) is 0. The number of hydrogen-bond acceptors (Lipinski definition) is 0. The predicted octanol–water partition coefficient (Wildman–Crippen LogP) is 10.0. The Morgan fingerprint density at radius 2 is 0.541 bits per heavy atom. The third-order valence-electron chi connectivity index (χ3n) is 15.3. The third kappa shape index (κ3) is 5.27. The van der Waals surface area contributed by atoms with Gasteiger partial charge in [-0.05, 0) is 53.3 Å². The molecule has 0 nitrogen and oxygen atoms in total. The fourth-order valence-corrected chi connectivity index (χ4v) is 11.2. The minimum absolute atomic E-state index is 0. The summed E-state index contributed by atoms with van der Waals surface area (Å²) in [6, 6.07) is 0. The van der Waals surface area contributed by atoms with Gasteiger partial charge in [-0.15, -0.1) is 0 Å². The fraction of sp³-hybridized carbons (Fsp3) is 0.944. The van der Waals surface area contributed by atoms with Crippen LogP contribution in [0.1, 0.15) is 96.9 Å². The Bertz CT molecular complexity index is 709. The van der Waals surface area contributed by atoms with Crippen LogP contribution in [-0.2, 0) is 32.7 Å². The standard InChI is InChI=1S/C21H37.C15H27.Y/c1-10-12(3)16(7)20-18(14(10)5)9-19-15(6)11(2)13(4)17(8)21(19)20;1-8-7-14-12(5)10(3)11(4)13(6)15(14)9(8)2;/h9-21H,1-8H3;7-15H,1-6H3;/q2*-1;. The van der Waals surface area contributed by atoms with Crippen LogP contribution in [0, 0.1) is 131 Å². The van der Waals surface area contributed by atoms with Crippen LogP contribution in [0.3, 0.4) is 0 Å². The Labute approximate surface area is 259 Å². The van der Waals surface area contributed by atoms with E-state index >= 15 is 0 Å². The summed E-state index contributed by atoms with van der Waals surface area (Å²) in [6.07, 6.45) is 5.52. The van der Waals surface area contributed by atoms with E-state index in [1.54, 1.807) is 0 Å². The van der Waals surface area contributed by atoms with Crippen LogP contribution in [0.15, 0.2) is 0 Å². The van der Waals surface area contributed by atoms with Gasteiger partial charge in [0, 0.05) is 32.7 Å². The van der Waals surface area contributed by atoms with Gasteiger partial charge in [0.05, 0.1) is 0 Å². The second-order valence-corrected chi connectivity index (χ2v) is 15.9. The van der Waals surface area contributed by atoms with E-state index in [9.17, 15) is 0 Å². The summed E-state index contributed by atoms with van der Waals surface area (Å²) in [6.45, 7) is 35.1. The maximum Gasteiger partial charge on any atom is 0 e. The van der Waals surface area contributed by atoms with E-state index in [4.69, 9.17) is 0 Å². The molecule has 0 heterocycles. The molecule has 5 rings (SSSR count). The van der Waals surface area contributed by atoms with E-state index < -0.39 is 0 Å². The molecule has 0 amide bonds. The Morgan fingerprint density at radius 1 is 0.270 bits per heavy atom. The molecule has 0 aliphatic heterocycles. The predicted molar refractivity (Wildman–Crippen MR) is 158 cm³/mol. The molecule has 1 radical (unpaired) electrons. The smallest absolute Gasteiger partial charge is 0 e. The van der Waals surface area contributed by atoms with Crippen LogP contribution in [0.5, 0.6) is 0 Å². The molecule has 0 bridgehead atoms. The van der Waals surface area contributed by atoms with E-state index in [-0.39, 0.29) is 32.7 Å².